The molecule has 0 aromatic heterocycles. The third-order valence-electron chi connectivity index (χ3n) is 2.77. The zero-order valence-corrected chi connectivity index (χ0v) is 9.99. The van der Waals surface area contributed by atoms with Gasteiger partial charge in [-0.1, -0.05) is 0 Å². The molecule has 5 nitrogen and oxygen atoms in total. The molecule has 16 heavy (non-hydrogen) atoms. The minimum absolute atomic E-state index is 0.0642. The number of ether oxygens (including phenoxy) is 1. The molecule has 0 radical (unpaired) electrons. The van der Waals surface area contributed by atoms with Gasteiger partial charge in [-0.2, -0.15) is 0 Å². The standard InChI is InChI=1S/C11H20N2O3/c1-13-7-3-4-9(8-13)12-10(14)5-6-11(15)16-2/h9H,3-8H2,1-2H3,(H,12,14). The summed E-state index contributed by atoms with van der Waals surface area (Å²) in [4.78, 5) is 24.6. The van der Waals surface area contributed by atoms with Gasteiger partial charge in [-0.25, -0.2) is 0 Å². The fourth-order valence-electron chi connectivity index (χ4n) is 1.90. The van der Waals surface area contributed by atoms with Crippen LogP contribution in [0.15, 0.2) is 0 Å². The third kappa shape index (κ3) is 4.61. The van der Waals surface area contributed by atoms with Crippen molar-refractivity contribution in [3.05, 3.63) is 0 Å². The minimum Gasteiger partial charge on any atom is -0.469 e. The molecule has 0 aromatic rings. The van der Waals surface area contributed by atoms with Crippen LogP contribution in [-0.4, -0.2) is 50.1 Å². The second kappa shape index (κ2) is 6.48. The fraction of sp³-hybridized carbons (Fsp3) is 0.818. The fourth-order valence-corrected chi connectivity index (χ4v) is 1.90. The van der Waals surface area contributed by atoms with Gasteiger partial charge in [0.2, 0.25) is 5.91 Å². The molecule has 1 aliphatic rings. The average Bonchev–Trinajstić information content (AvgIpc) is 2.26. The Balaban J connectivity index is 2.20. The average molecular weight is 228 g/mol. The highest BCUT2D eigenvalue weighted by atomic mass is 16.5. The van der Waals surface area contributed by atoms with Gasteiger partial charge in [0.15, 0.2) is 0 Å². The van der Waals surface area contributed by atoms with Crippen LogP contribution in [0.4, 0.5) is 0 Å². The number of hydrogen-bond acceptors (Lipinski definition) is 4. The van der Waals surface area contributed by atoms with Crippen LogP contribution >= 0.6 is 0 Å². The maximum atomic E-state index is 11.5. The van der Waals surface area contributed by atoms with Crippen molar-refractivity contribution in [2.45, 2.75) is 31.7 Å². The van der Waals surface area contributed by atoms with Crippen molar-refractivity contribution < 1.29 is 14.3 Å². The topological polar surface area (TPSA) is 58.6 Å². The summed E-state index contributed by atoms with van der Waals surface area (Å²) < 4.78 is 4.48. The predicted octanol–water partition coefficient (Wildman–Crippen LogP) is 0.150. The first-order chi connectivity index (χ1) is 7.61. The number of nitrogens with one attached hydrogen (secondary N) is 1. The van der Waals surface area contributed by atoms with E-state index < -0.39 is 0 Å². The largest absolute Gasteiger partial charge is 0.469 e. The van der Waals surface area contributed by atoms with Crippen LogP contribution in [0.25, 0.3) is 0 Å². The Kier molecular flexibility index (Phi) is 5.25. The number of esters is 1. The summed E-state index contributed by atoms with van der Waals surface area (Å²) in [6, 6.07) is 0.226. The van der Waals surface area contributed by atoms with Crippen LogP contribution < -0.4 is 5.32 Å². The van der Waals surface area contributed by atoms with E-state index in [0.29, 0.717) is 0 Å². The van der Waals surface area contributed by atoms with E-state index in [4.69, 9.17) is 0 Å². The lowest BCUT2D eigenvalue weighted by atomic mass is 10.1. The molecule has 5 heteroatoms. The van der Waals surface area contributed by atoms with Crippen molar-refractivity contribution in [3.8, 4) is 0 Å². The highest BCUT2D eigenvalue weighted by Crippen LogP contribution is 2.08. The summed E-state index contributed by atoms with van der Waals surface area (Å²) in [5.74, 6) is -0.401. The van der Waals surface area contributed by atoms with Crippen LogP contribution in [-0.2, 0) is 14.3 Å². The lowest BCUT2D eigenvalue weighted by molar-refractivity contribution is -0.142. The Hall–Kier alpha value is -1.10. The van der Waals surface area contributed by atoms with Crippen LogP contribution in [0.1, 0.15) is 25.7 Å². The van der Waals surface area contributed by atoms with Gasteiger partial charge in [-0.15, -0.1) is 0 Å². The Labute approximate surface area is 96.1 Å². The molecule has 0 aromatic carbocycles. The van der Waals surface area contributed by atoms with Gasteiger partial charge in [0.25, 0.3) is 0 Å². The van der Waals surface area contributed by atoms with Gasteiger partial charge in [-0.3, -0.25) is 9.59 Å². The van der Waals surface area contributed by atoms with Crippen LogP contribution in [0, 0.1) is 0 Å². The summed E-state index contributed by atoms with van der Waals surface area (Å²) >= 11 is 0. The van der Waals surface area contributed by atoms with Crippen LogP contribution in [0.3, 0.4) is 0 Å². The maximum absolute atomic E-state index is 11.5. The van der Waals surface area contributed by atoms with Gasteiger partial charge in [0, 0.05) is 19.0 Å². The lowest BCUT2D eigenvalue weighted by Gasteiger charge is -2.30. The molecule has 1 fully saturated rings. The number of likely N-dealkylation sites (N-methyl/N-ethyl adjacent to an activating group) is 1. The van der Waals surface area contributed by atoms with E-state index in [0.717, 1.165) is 25.9 Å². The van der Waals surface area contributed by atoms with Crippen molar-refractivity contribution in [3.63, 3.8) is 0 Å². The molecule has 1 rings (SSSR count). The molecular formula is C11H20N2O3. The highest BCUT2D eigenvalue weighted by molar-refractivity contribution is 5.81. The van der Waals surface area contributed by atoms with Crippen molar-refractivity contribution in [1.82, 2.24) is 10.2 Å². The van der Waals surface area contributed by atoms with Crippen molar-refractivity contribution >= 4 is 11.9 Å². The van der Waals surface area contributed by atoms with E-state index in [-0.39, 0.29) is 30.8 Å². The number of hydrogen-bond donors (Lipinski definition) is 1. The maximum Gasteiger partial charge on any atom is 0.306 e. The highest BCUT2D eigenvalue weighted by Gasteiger charge is 2.19. The first kappa shape index (κ1) is 13.0. The number of carbonyl (C=O) groups is 2. The van der Waals surface area contributed by atoms with Gasteiger partial charge in [0.05, 0.1) is 13.5 Å². The summed E-state index contributed by atoms with van der Waals surface area (Å²) in [6.45, 7) is 1.98. The molecule has 1 heterocycles. The molecule has 0 aliphatic carbocycles. The van der Waals surface area contributed by atoms with E-state index in [2.05, 4.69) is 15.0 Å². The summed E-state index contributed by atoms with van der Waals surface area (Å²) in [7, 11) is 3.38. The SMILES string of the molecule is COC(=O)CCC(=O)NC1CCCN(C)C1. The van der Waals surface area contributed by atoms with Crippen molar-refractivity contribution in [1.29, 1.82) is 0 Å². The van der Waals surface area contributed by atoms with Gasteiger partial charge in [-0.05, 0) is 26.4 Å². The van der Waals surface area contributed by atoms with Gasteiger partial charge < -0.3 is 15.0 Å². The van der Waals surface area contributed by atoms with Gasteiger partial charge in [0.1, 0.15) is 0 Å². The van der Waals surface area contributed by atoms with E-state index >= 15 is 0 Å². The molecule has 1 saturated heterocycles. The Morgan fingerprint density at radius 3 is 2.81 bits per heavy atom. The monoisotopic (exact) mass is 228 g/mol. The van der Waals surface area contributed by atoms with Gasteiger partial charge >= 0.3 is 5.97 Å². The molecule has 0 bridgehead atoms. The third-order valence-corrected chi connectivity index (χ3v) is 2.77. The number of amides is 1. The second-order valence-electron chi connectivity index (χ2n) is 4.25. The molecule has 1 unspecified atom stereocenters. The van der Waals surface area contributed by atoms with Crippen molar-refractivity contribution in [2.75, 3.05) is 27.2 Å². The quantitative estimate of drug-likeness (QED) is 0.696. The van der Waals surface area contributed by atoms with Crippen molar-refractivity contribution in [2.24, 2.45) is 0 Å². The van der Waals surface area contributed by atoms with Crippen LogP contribution in [0.2, 0.25) is 0 Å². The minimum atomic E-state index is -0.337. The molecule has 92 valence electrons. The zero-order chi connectivity index (χ0) is 12.0. The summed E-state index contributed by atoms with van der Waals surface area (Å²) in [5, 5.41) is 2.94. The molecule has 1 amide bonds. The molecule has 0 saturated carbocycles. The molecule has 1 N–H and O–H groups in total. The number of likely N-dealkylation sites (tertiary alicyclic amines) is 1. The zero-order valence-electron chi connectivity index (χ0n) is 9.99. The number of carbonyl (C=O) groups excluding carboxylic acids is 2. The number of piperidine rings is 1. The Morgan fingerprint density at radius 1 is 1.44 bits per heavy atom. The predicted molar refractivity (Wildman–Crippen MR) is 59.9 cm³/mol. The normalized spacial score (nSPS) is 21.5. The summed E-state index contributed by atoms with van der Waals surface area (Å²) in [5.41, 5.74) is 0. The lowest BCUT2D eigenvalue weighted by Crippen LogP contribution is -2.46. The Morgan fingerprint density at radius 2 is 2.19 bits per heavy atom. The first-order valence-corrected chi connectivity index (χ1v) is 5.66. The van der Waals surface area contributed by atoms with Crippen LogP contribution in [0.5, 0.6) is 0 Å². The van der Waals surface area contributed by atoms with E-state index in [9.17, 15) is 9.59 Å². The van der Waals surface area contributed by atoms with E-state index in [1.807, 2.05) is 7.05 Å². The molecule has 1 aliphatic heterocycles. The molecule has 1 atom stereocenters. The smallest absolute Gasteiger partial charge is 0.306 e. The summed E-state index contributed by atoms with van der Waals surface area (Å²) in [6.07, 6.45) is 2.50. The second-order valence-corrected chi connectivity index (χ2v) is 4.25. The number of methoxy groups -OCH3 is 1. The molecular weight excluding hydrogens is 208 g/mol. The van der Waals surface area contributed by atoms with E-state index in [1.54, 1.807) is 0 Å². The number of nitrogens with zero attached hydrogens (tertiary/aromatic N) is 1. The van der Waals surface area contributed by atoms with E-state index in [1.165, 1.54) is 7.11 Å². The number of rotatable bonds is 4. The molecule has 0 spiro atoms. The first-order valence-electron chi connectivity index (χ1n) is 5.66. The Bertz CT molecular complexity index is 256.